The lowest BCUT2D eigenvalue weighted by Crippen LogP contribution is -2.41. The number of nitrogens with one attached hydrogen (secondary N) is 1. The topological polar surface area (TPSA) is 68.2 Å². The average molecular weight is 299 g/mol. The van der Waals surface area contributed by atoms with Gasteiger partial charge in [0, 0.05) is 19.1 Å². The first-order valence-electron chi connectivity index (χ1n) is 8.29. The van der Waals surface area contributed by atoms with Crippen LogP contribution in [0.3, 0.4) is 0 Å². The van der Waals surface area contributed by atoms with Crippen LogP contribution in [-0.2, 0) is 6.54 Å². The number of imidazole rings is 1. The van der Waals surface area contributed by atoms with E-state index in [1.807, 2.05) is 24.5 Å². The second kappa shape index (κ2) is 7.29. The highest BCUT2D eigenvalue weighted by Gasteiger charge is 2.13. The van der Waals surface area contributed by atoms with Gasteiger partial charge in [-0.05, 0) is 31.4 Å². The van der Waals surface area contributed by atoms with E-state index in [9.17, 15) is 0 Å². The van der Waals surface area contributed by atoms with Crippen LogP contribution in [0.4, 0.5) is 0 Å². The van der Waals surface area contributed by atoms with Crippen molar-refractivity contribution in [2.45, 2.75) is 51.1 Å². The molecule has 1 aliphatic rings. The quantitative estimate of drug-likeness (QED) is 0.507. The fourth-order valence-electron chi connectivity index (χ4n) is 3.13. The summed E-state index contributed by atoms with van der Waals surface area (Å²) < 4.78 is 2.18. The van der Waals surface area contributed by atoms with Crippen LogP contribution in [0.25, 0.3) is 11.0 Å². The molecule has 1 aromatic carbocycles. The third-order valence-corrected chi connectivity index (χ3v) is 4.32. The summed E-state index contributed by atoms with van der Waals surface area (Å²) in [5.74, 6) is 0.599. The maximum absolute atomic E-state index is 5.97. The number of aliphatic imine (C=N–C) groups is 1. The zero-order chi connectivity index (χ0) is 15.2. The van der Waals surface area contributed by atoms with E-state index in [1.54, 1.807) is 0 Å². The van der Waals surface area contributed by atoms with E-state index in [4.69, 9.17) is 5.73 Å². The molecule has 5 nitrogen and oxygen atoms in total. The van der Waals surface area contributed by atoms with Crippen molar-refractivity contribution in [2.75, 3.05) is 6.54 Å². The van der Waals surface area contributed by atoms with E-state index in [1.165, 1.54) is 37.6 Å². The fraction of sp³-hybridized carbons (Fsp3) is 0.529. The molecule has 0 bridgehead atoms. The second-order valence-electron chi connectivity index (χ2n) is 6.03. The minimum atomic E-state index is 0.523. The highest BCUT2D eigenvalue weighted by molar-refractivity contribution is 5.78. The van der Waals surface area contributed by atoms with Gasteiger partial charge in [0.25, 0.3) is 0 Å². The number of aromatic nitrogens is 2. The van der Waals surface area contributed by atoms with Gasteiger partial charge in [0.2, 0.25) is 0 Å². The molecule has 22 heavy (non-hydrogen) atoms. The Labute approximate surface area is 131 Å². The standard InChI is InChI=1S/C17H25N5/c18-17(21-14-7-2-1-3-8-14)19-11-6-12-22-13-20-15-9-4-5-10-16(15)22/h4-5,9-10,13-14H,1-3,6-8,11-12H2,(H3,18,19,21). The summed E-state index contributed by atoms with van der Waals surface area (Å²) in [4.78, 5) is 8.85. The molecule has 0 radical (unpaired) electrons. The summed E-state index contributed by atoms with van der Waals surface area (Å²) in [7, 11) is 0. The number of hydrogen-bond acceptors (Lipinski definition) is 2. The molecule has 1 aliphatic carbocycles. The van der Waals surface area contributed by atoms with Crippen molar-refractivity contribution in [1.82, 2.24) is 14.9 Å². The summed E-state index contributed by atoms with van der Waals surface area (Å²) in [5.41, 5.74) is 8.20. The van der Waals surface area contributed by atoms with Crippen LogP contribution in [0.15, 0.2) is 35.6 Å². The number of fused-ring (bicyclic) bond motifs is 1. The van der Waals surface area contributed by atoms with Crippen LogP contribution in [-0.4, -0.2) is 28.1 Å². The molecule has 3 rings (SSSR count). The van der Waals surface area contributed by atoms with Crippen LogP contribution in [0.5, 0.6) is 0 Å². The van der Waals surface area contributed by atoms with Crippen LogP contribution in [0.2, 0.25) is 0 Å². The first-order chi connectivity index (χ1) is 10.8. The number of para-hydroxylation sites is 2. The minimum Gasteiger partial charge on any atom is -0.370 e. The summed E-state index contributed by atoms with van der Waals surface area (Å²) in [6.07, 6.45) is 9.27. The van der Waals surface area contributed by atoms with Gasteiger partial charge in [-0.1, -0.05) is 31.4 Å². The molecule has 1 heterocycles. The smallest absolute Gasteiger partial charge is 0.188 e. The van der Waals surface area contributed by atoms with E-state index < -0.39 is 0 Å². The van der Waals surface area contributed by atoms with Crippen LogP contribution in [0, 0.1) is 0 Å². The van der Waals surface area contributed by atoms with Crippen molar-refractivity contribution >= 4 is 17.0 Å². The summed E-state index contributed by atoms with van der Waals surface area (Å²) in [6, 6.07) is 8.72. The molecule has 0 atom stereocenters. The molecule has 0 aliphatic heterocycles. The normalized spacial score (nSPS) is 17.0. The average Bonchev–Trinajstić information content (AvgIpc) is 2.96. The maximum atomic E-state index is 5.97. The Morgan fingerprint density at radius 1 is 1.27 bits per heavy atom. The van der Waals surface area contributed by atoms with Crippen LogP contribution in [0.1, 0.15) is 38.5 Å². The van der Waals surface area contributed by atoms with Gasteiger partial charge < -0.3 is 15.6 Å². The lowest BCUT2D eigenvalue weighted by molar-refractivity contribution is 0.412. The number of hydrogen-bond donors (Lipinski definition) is 2. The van der Waals surface area contributed by atoms with Gasteiger partial charge >= 0.3 is 0 Å². The third-order valence-electron chi connectivity index (χ3n) is 4.32. The molecular formula is C17H25N5. The van der Waals surface area contributed by atoms with Gasteiger partial charge in [0.05, 0.1) is 17.4 Å². The molecule has 0 saturated heterocycles. The van der Waals surface area contributed by atoms with Gasteiger partial charge in [0.15, 0.2) is 5.96 Å². The first kappa shape index (κ1) is 14.9. The Hall–Kier alpha value is -2.04. The molecule has 2 aromatic rings. The van der Waals surface area contributed by atoms with Crippen molar-refractivity contribution in [1.29, 1.82) is 0 Å². The minimum absolute atomic E-state index is 0.523. The summed E-state index contributed by atoms with van der Waals surface area (Å²) >= 11 is 0. The van der Waals surface area contributed by atoms with E-state index in [-0.39, 0.29) is 0 Å². The molecule has 1 saturated carbocycles. The maximum Gasteiger partial charge on any atom is 0.188 e. The molecular weight excluding hydrogens is 274 g/mol. The van der Waals surface area contributed by atoms with E-state index in [2.05, 4.69) is 25.9 Å². The second-order valence-corrected chi connectivity index (χ2v) is 6.03. The van der Waals surface area contributed by atoms with Gasteiger partial charge in [-0.25, -0.2) is 4.98 Å². The monoisotopic (exact) mass is 299 g/mol. The molecule has 118 valence electrons. The lowest BCUT2D eigenvalue weighted by atomic mass is 9.96. The number of nitrogens with zero attached hydrogens (tertiary/aromatic N) is 3. The van der Waals surface area contributed by atoms with E-state index in [0.29, 0.717) is 12.0 Å². The van der Waals surface area contributed by atoms with Gasteiger partial charge in [0.1, 0.15) is 0 Å². The highest BCUT2D eigenvalue weighted by Crippen LogP contribution is 2.17. The number of rotatable bonds is 5. The van der Waals surface area contributed by atoms with Gasteiger partial charge in [-0.3, -0.25) is 4.99 Å². The molecule has 0 spiro atoms. The first-order valence-corrected chi connectivity index (χ1v) is 8.29. The SMILES string of the molecule is NC(=NCCCn1cnc2ccccc21)NC1CCCCC1. The summed E-state index contributed by atoms with van der Waals surface area (Å²) in [6.45, 7) is 1.67. The number of aryl methyl sites for hydroxylation is 1. The summed E-state index contributed by atoms with van der Waals surface area (Å²) in [5, 5.41) is 3.35. The molecule has 5 heteroatoms. The Morgan fingerprint density at radius 2 is 2.09 bits per heavy atom. The Balaban J connectivity index is 1.45. The molecule has 1 aromatic heterocycles. The lowest BCUT2D eigenvalue weighted by Gasteiger charge is -2.23. The Bertz CT molecular complexity index is 625. The van der Waals surface area contributed by atoms with Gasteiger partial charge in [-0.15, -0.1) is 0 Å². The van der Waals surface area contributed by atoms with Crippen molar-refractivity contribution in [3.63, 3.8) is 0 Å². The third kappa shape index (κ3) is 3.78. The van der Waals surface area contributed by atoms with Crippen molar-refractivity contribution in [3.8, 4) is 0 Å². The van der Waals surface area contributed by atoms with Crippen molar-refractivity contribution in [2.24, 2.45) is 10.7 Å². The molecule has 0 amide bonds. The molecule has 1 fully saturated rings. The zero-order valence-corrected chi connectivity index (χ0v) is 13.0. The zero-order valence-electron chi connectivity index (χ0n) is 13.0. The highest BCUT2D eigenvalue weighted by atomic mass is 15.1. The predicted molar refractivity (Wildman–Crippen MR) is 90.8 cm³/mol. The van der Waals surface area contributed by atoms with Crippen LogP contribution >= 0.6 is 0 Å². The van der Waals surface area contributed by atoms with Crippen molar-refractivity contribution in [3.05, 3.63) is 30.6 Å². The van der Waals surface area contributed by atoms with E-state index >= 15 is 0 Å². The van der Waals surface area contributed by atoms with E-state index in [0.717, 1.165) is 25.0 Å². The molecule has 0 unspecified atom stereocenters. The number of nitrogens with two attached hydrogens (primary N) is 1. The largest absolute Gasteiger partial charge is 0.370 e. The van der Waals surface area contributed by atoms with Gasteiger partial charge in [-0.2, -0.15) is 0 Å². The number of benzene rings is 1. The Kier molecular flexibility index (Phi) is 4.93. The Morgan fingerprint density at radius 3 is 2.95 bits per heavy atom. The molecule has 3 N–H and O–H groups in total. The predicted octanol–water partition coefficient (Wildman–Crippen LogP) is 2.66. The van der Waals surface area contributed by atoms with Crippen LogP contribution < -0.4 is 11.1 Å². The fourth-order valence-corrected chi connectivity index (χ4v) is 3.13. The van der Waals surface area contributed by atoms with Crippen molar-refractivity contribution < 1.29 is 0 Å². The number of guanidine groups is 1.